The van der Waals surface area contributed by atoms with Crippen LogP contribution in [0.5, 0.6) is 0 Å². The maximum absolute atomic E-state index is 5.70. The number of hydrogen-bond acceptors (Lipinski definition) is 2. The van der Waals surface area contributed by atoms with Crippen LogP contribution in [0, 0.1) is 0 Å². The largest absolute Gasteiger partial charge is 0.461 e. The molecule has 2 aromatic carbocycles. The number of ether oxygens (including phenoxy) is 1. The number of rotatable bonds is 4. The molecule has 100 valence electrons. The molecule has 19 heavy (non-hydrogen) atoms. The summed E-state index contributed by atoms with van der Waals surface area (Å²) in [6, 6.07) is 20.1. The van der Waals surface area contributed by atoms with Crippen LogP contribution >= 0.6 is 12.4 Å². The molecule has 0 fully saturated rings. The highest BCUT2D eigenvalue weighted by atomic mass is 35.5. The van der Waals surface area contributed by atoms with Crippen molar-refractivity contribution in [2.24, 2.45) is 10.7 Å². The minimum atomic E-state index is 0. The normalized spacial score (nSPS) is 10.6. The smallest absolute Gasteiger partial charge is 0.282 e. The van der Waals surface area contributed by atoms with Gasteiger partial charge in [-0.25, -0.2) is 4.99 Å². The van der Waals surface area contributed by atoms with E-state index in [4.69, 9.17) is 10.5 Å². The minimum Gasteiger partial charge on any atom is -0.461 e. The van der Waals surface area contributed by atoms with E-state index < -0.39 is 0 Å². The molecular formula is C15H17ClN2O. The van der Waals surface area contributed by atoms with Gasteiger partial charge in [-0.15, -0.1) is 12.4 Å². The molecule has 0 heterocycles. The van der Waals surface area contributed by atoms with Gasteiger partial charge in [0.2, 0.25) is 0 Å². The summed E-state index contributed by atoms with van der Waals surface area (Å²) in [5, 5.41) is 0. The quantitative estimate of drug-likeness (QED) is 0.689. The molecule has 2 N–H and O–H groups in total. The van der Waals surface area contributed by atoms with Crippen molar-refractivity contribution >= 4 is 18.4 Å². The highest BCUT2D eigenvalue weighted by Crippen LogP contribution is 2.02. The van der Waals surface area contributed by atoms with Crippen LogP contribution in [0.4, 0.5) is 0 Å². The Morgan fingerprint density at radius 3 is 2.00 bits per heavy atom. The zero-order valence-electron chi connectivity index (χ0n) is 10.5. The Hall–Kier alpha value is -2.00. The summed E-state index contributed by atoms with van der Waals surface area (Å²) in [5.74, 6) is 0. The summed E-state index contributed by atoms with van der Waals surface area (Å²) in [6.07, 6.45) is 0. The van der Waals surface area contributed by atoms with Crippen molar-refractivity contribution in [3.05, 3.63) is 71.8 Å². The summed E-state index contributed by atoms with van der Waals surface area (Å²) >= 11 is 0. The molecule has 0 atom stereocenters. The van der Waals surface area contributed by atoms with Crippen molar-refractivity contribution in [3.8, 4) is 0 Å². The second-order valence-electron chi connectivity index (χ2n) is 3.91. The van der Waals surface area contributed by atoms with Gasteiger partial charge in [0.1, 0.15) is 6.61 Å². The first-order valence-electron chi connectivity index (χ1n) is 5.85. The molecular weight excluding hydrogens is 260 g/mol. The third-order valence-corrected chi connectivity index (χ3v) is 2.49. The maximum Gasteiger partial charge on any atom is 0.282 e. The first-order valence-corrected chi connectivity index (χ1v) is 5.85. The number of benzene rings is 2. The predicted octanol–water partition coefficient (Wildman–Crippen LogP) is 3.14. The van der Waals surface area contributed by atoms with Crippen LogP contribution in [-0.4, -0.2) is 6.02 Å². The molecule has 0 amide bonds. The number of amidine groups is 1. The first-order chi connectivity index (χ1) is 8.84. The summed E-state index contributed by atoms with van der Waals surface area (Å²) < 4.78 is 5.38. The lowest BCUT2D eigenvalue weighted by atomic mass is 10.2. The number of nitrogens with zero attached hydrogens (tertiary/aromatic N) is 1. The van der Waals surface area contributed by atoms with E-state index in [0.717, 1.165) is 11.1 Å². The number of hydrogen-bond donors (Lipinski definition) is 1. The molecule has 0 aliphatic carbocycles. The first kappa shape index (κ1) is 15.1. The van der Waals surface area contributed by atoms with Crippen LogP contribution in [-0.2, 0) is 17.9 Å². The van der Waals surface area contributed by atoms with Gasteiger partial charge in [0.15, 0.2) is 0 Å². The average molecular weight is 277 g/mol. The molecule has 0 spiro atoms. The van der Waals surface area contributed by atoms with Gasteiger partial charge < -0.3 is 10.5 Å². The molecule has 0 aliphatic rings. The van der Waals surface area contributed by atoms with Gasteiger partial charge in [0.25, 0.3) is 6.02 Å². The molecule has 4 heteroatoms. The van der Waals surface area contributed by atoms with Gasteiger partial charge in [-0.05, 0) is 11.1 Å². The van der Waals surface area contributed by atoms with Gasteiger partial charge in [-0.3, -0.25) is 0 Å². The zero-order valence-corrected chi connectivity index (χ0v) is 11.3. The van der Waals surface area contributed by atoms with Gasteiger partial charge in [0.05, 0.1) is 6.54 Å². The van der Waals surface area contributed by atoms with Crippen LogP contribution in [0.1, 0.15) is 11.1 Å². The summed E-state index contributed by atoms with van der Waals surface area (Å²) in [4.78, 5) is 4.18. The summed E-state index contributed by atoms with van der Waals surface area (Å²) in [6.45, 7) is 0.992. The highest BCUT2D eigenvalue weighted by Gasteiger charge is 1.95. The maximum atomic E-state index is 5.70. The Kier molecular flexibility index (Phi) is 6.47. The van der Waals surface area contributed by atoms with Gasteiger partial charge in [-0.2, -0.15) is 0 Å². The molecule has 0 unspecified atom stereocenters. The Labute approximate surface area is 119 Å². The Morgan fingerprint density at radius 2 is 1.42 bits per heavy atom. The molecule has 0 aromatic heterocycles. The van der Waals surface area contributed by atoms with Crippen LogP contribution in [0.15, 0.2) is 65.7 Å². The highest BCUT2D eigenvalue weighted by molar-refractivity contribution is 5.85. The molecule has 0 saturated carbocycles. The van der Waals surface area contributed by atoms with Crippen molar-refractivity contribution in [2.75, 3.05) is 0 Å². The van der Waals surface area contributed by atoms with E-state index in [1.165, 1.54) is 0 Å². The van der Waals surface area contributed by atoms with E-state index in [-0.39, 0.29) is 18.4 Å². The van der Waals surface area contributed by atoms with Crippen molar-refractivity contribution < 1.29 is 4.74 Å². The van der Waals surface area contributed by atoms with Crippen LogP contribution < -0.4 is 5.73 Å². The van der Waals surface area contributed by atoms with Crippen molar-refractivity contribution in [1.29, 1.82) is 0 Å². The van der Waals surface area contributed by atoms with Gasteiger partial charge in [-0.1, -0.05) is 60.7 Å². The molecule has 0 saturated heterocycles. The Bertz CT molecular complexity index is 500. The fraction of sp³-hybridized carbons (Fsp3) is 0.133. The average Bonchev–Trinajstić information content (AvgIpc) is 2.45. The minimum absolute atomic E-state index is 0. The Balaban J connectivity index is 0.00000180. The van der Waals surface area contributed by atoms with Crippen LogP contribution in [0.3, 0.4) is 0 Å². The lowest BCUT2D eigenvalue weighted by molar-refractivity contribution is 0.286. The topological polar surface area (TPSA) is 47.6 Å². The summed E-state index contributed by atoms with van der Waals surface area (Å²) in [5.41, 5.74) is 7.89. The van der Waals surface area contributed by atoms with E-state index in [9.17, 15) is 0 Å². The molecule has 0 aliphatic heterocycles. The number of nitrogens with two attached hydrogens (primary N) is 1. The van der Waals surface area contributed by atoms with E-state index in [1.54, 1.807) is 0 Å². The lowest BCUT2D eigenvalue weighted by Crippen LogP contribution is -2.16. The third-order valence-electron chi connectivity index (χ3n) is 2.49. The number of halogens is 1. The van der Waals surface area contributed by atoms with Gasteiger partial charge in [0, 0.05) is 0 Å². The predicted molar refractivity (Wildman–Crippen MR) is 80.2 cm³/mol. The van der Waals surface area contributed by atoms with E-state index >= 15 is 0 Å². The fourth-order valence-corrected chi connectivity index (χ4v) is 1.53. The monoisotopic (exact) mass is 276 g/mol. The second-order valence-corrected chi connectivity index (χ2v) is 3.91. The van der Waals surface area contributed by atoms with E-state index in [2.05, 4.69) is 4.99 Å². The number of aliphatic imine (C=N–C) groups is 1. The van der Waals surface area contributed by atoms with Crippen LogP contribution in [0.25, 0.3) is 0 Å². The second kappa shape index (κ2) is 8.16. The van der Waals surface area contributed by atoms with Crippen molar-refractivity contribution in [3.63, 3.8) is 0 Å². The SMILES string of the molecule is Cl.NC(=NCc1ccccc1)OCc1ccccc1. The molecule has 0 bridgehead atoms. The zero-order chi connectivity index (χ0) is 12.6. The van der Waals surface area contributed by atoms with Crippen molar-refractivity contribution in [1.82, 2.24) is 0 Å². The third kappa shape index (κ3) is 5.44. The molecule has 3 nitrogen and oxygen atoms in total. The summed E-state index contributed by atoms with van der Waals surface area (Å²) in [7, 11) is 0. The van der Waals surface area contributed by atoms with Crippen molar-refractivity contribution in [2.45, 2.75) is 13.2 Å². The molecule has 0 radical (unpaired) electrons. The van der Waals surface area contributed by atoms with E-state index in [1.807, 2.05) is 60.7 Å². The molecule has 2 aromatic rings. The van der Waals surface area contributed by atoms with Crippen LogP contribution in [0.2, 0.25) is 0 Å². The Morgan fingerprint density at radius 1 is 0.895 bits per heavy atom. The molecule has 2 rings (SSSR count). The lowest BCUT2D eigenvalue weighted by Gasteiger charge is -2.05. The fourth-order valence-electron chi connectivity index (χ4n) is 1.53. The van der Waals surface area contributed by atoms with E-state index in [0.29, 0.717) is 13.2 Å². The van der Waals surface area contributed by atoms with Gasteiger partial charge >= 0.3 is 0 Å². The standard InChI is InChI=1S/C15H16N2O.ClH/c16-15(17-11-13-7-3-1-4-8-13)18-12-14-9-5-2-6-10-14;/h1-10H,11-12H2,(H2,16,17);1H.